The van der Waals surface area contributed by atoms with Crippen molar-refractivity contribution in [3.05, 3.63) is 29.6 Å². The Kier molecular flexibility index (Phi) is 4.42. The maximum Gasteiger partial charge on any atom is 0.147 e. The fourth-order valence-electron chi connectivity index (χ4n) is 2.89. The highest BCUT2D eigenvalue weighted by Gasteiger charge is 2.24. The smallest absolute Gasteiger partial charge is 0.147 e. The minimum atomic E-state index is -0.328. The number of anilines is 1. The Morgan fingerprint density at radius 1 is 1.37 bits per heavy atom. The summed E-state index contributed by atoms with van der Waals surface area (Å²) in [6, 6.07) is 6.93. The molecule has 0 amide bonds. The molecule has 102 valence electrons. The van der Waals surface area contributed by atoms with Gasteiger partial charge in [-0.15, -0.1) is 0 Å². The average molecular weight is 260 g/mol. The molecule has 1 aromatic carbocycles. The Morgan fingerprint density at radius 3 is 2.79 bits per heavy atom. The number of hydrogen-bond acceptors (Lipinski definition) is 2. The van der Waals surface area contributed by atoms with Crippen LogP contribution in [-0.2, 0) is 0 Å². The van der Waals surface area contributed by atoms with Crippen LogP contribution >= 0.6 is 0 Å². The molecule has 1 aromatic rings. The highest BCUT2D eigenvalue weighted by atomic mass is 19.1. The number of nitrogens with zero attached hydrogens (tertiary/aromatic N) is 1. The molecule has 2 nitrogen and oxygen atoms in total. The van der Waals surface area contributed by atoms with Gasteiger partial charge in [0.15, 0.2) is 0 Å². The molecule has 3 heteroatoms. The van der Waals surface area contributed by atoms with Crippen LogP contribution in [0.15, 0.2) is 18.2 Å². The molecule has 0 bridgehead atoms. The molecule has 0 aliphatic heterocycles. The van der Waals surface area contributed by atoms with E-state index in [9.17, 15) is 4.39 Å². The van der Waals surface area contributed by atoms with Gasteiger partial charge in [0, 0.05) is 6.04 Å². The van der Waals surface area contributed by atoms with Crippen LogP contribution < -0.4 is 5.32 Å². The Hall–Kier alpha value is -1.56. The van der Waals surface area contributed by atoms with Crippen LogP contribution in [0.2, 0.25) is 0 Å². The van der Waals surface area contributed by atoms with Gasteiger partial charge in [0.1, 0.15) is 5.82 Å². The van der Waals surface area contributed by atoms with E-state index in [0.29, 0.717) is 23.2 Å². The molecule has 2 unspecified atom stereocenters. The van der Waals surface area contributed by atoms with Gasteiger partial charge in [-0.1, -0.05) is 26.7 Å². The molecule has 0 heterocycles. The van der Waals surface area contributed by atoms with Crippen molar-refractivity contribution in [3.8, 4) is 6.07 Å². The summed E-state index contributed by atoms with van der Waals surface area (Å²) in [5.74, 6) is 1.09. The monoisotopic (exact) mass is 260 g/mol. The Balaban J connectivity index is 2.03. The van der Waals surface area contributed by atoms with Gasteiger partial charge in [-0.2, -0.15) is 5.26 Å². The average Bonchev–Trinajstić information content (AvgIpc) is 2.41. The van der Waals surface area contributed by atoms with E-state index in [0.717, 1.165) is 18.8 Å². The summed E-state index contributed by atoms with van der Waals surface area (Å²) in [5, 5.41) is 12.0. The molecule has 0 aromatic heterocycles. The second kappa shape index (κ2) is 6.06. The van der Waals surface area contributed by atoms with Crippen LogP contribution in [-0.4, -0.2) is 6.04 Å². The summed E-state index contributed by atoms with van der Waals surface area (Å²) < 4.78 is 13.8. The third-order valence-corrected chi connectivity index (χ3v) is 4.12. The number of nitriles is 1. The lowest BCUT2D eigenvalue weighted by Gasteiger charge is -2.32. The molecule has 1 N–H and O–H groups in total. The predicted molar refractivity (Wildman–Crippen MR) is 75.3 cm³/mol. The quantitative estimate of drug-likeness (QED) is 0.878. The Morgan fingerprint density at radius 2 is 2.16 bits per heavy atom. The Labute approximate surface area is 114 Å². The highest BCUT2D eigenvalue weighted by molar-refractivity contribution is 5.49. The van der Waals surface area contributed by atoms with Crippen LogP contribution in [0, 0.1) is 29.0 Å². The summed E-state index contributed by atoms with van der Waals surface area (Å²) in [5.41, 5.74) is 0.889. The van der Waals surface area contributed by atoms with Crippen molar-refractivity contribution in [2.45, 2.75) is 45.6 Å². The lowest BCUT2D eigenvalue weighted by molar-refractivity contribution is 0.264. The molecule has 1 aliphatic rings. The predicted octanol–water partition coefficient (Wildman–Crippen LogP) is 4.32. The van der Waals surface area contributed by atoms with Crippen molar-refractivity contribution in [1.82, 2.24) is 0 Å². The first kappa shape index (κ1) is 13.9. The molecule has 1 fully saturated rings. The van der Waals surface area contributed by atoms with E-state index in [1.807, 2.05) is 6.07 Å². The Bertz CT molecular complexity index is 476. The first-order chi connectivity index (χ1) is 9.10. The molecule has 0 radical (unpaired) electrons. The highest BCUT2D eigenvalue weighted by Crippen LogP contribution is 2.32. The zero-order valence-corrected chi connectivity index (χ0v) is 11.6. The number of rotatable bonds is 3. The third-order valence-electron chi connectivity index (χ3n) is 4.12. The molecule has 2 rings (SSSR count). The van der Waals surface area contributed by atoms with E-state index in [1.165, 1.54) is 18.9 Å². The van der Waals surface area contributed by atoms with Gasteiger partial charge in [0.05, 0.1) is 17.3 Å². The largest absolute Gasteiger partial charge is 0.380 e. The first-order valence-corrected chi connectivity index (χ1v) is 7.06. The van der Waals surface area contributed by atoms with Gasteiger partial charge in [-0.3, -0.25) is 0 Å². The van der Waals surface area contributed by atoms with Gasteiger partial charge in [-0.05, 0) is 42.9 Å². The van der Waals surface area contributed by atoms with Crippen molar-refractivity contribution >= 4 is 5.69 Å². The van der Waals surface area contributed by atoms with Crippen molar-refractivity contribution in [1.29, 1.82) is 5.26 Å². The summed E-state index contributed by atoms with van der Waals surface area (Å²) >= 11 is 0. The topological polar surface area (TPSA) is 35.8 Å². The van der Waals surface area contributed by atoms with Gasteiger partial charge >= 0.3 is 0 Å². The van der Waals surface area contributed by atoms with Gasteiger partial charge in [0.25, 0.3) is 0 Å². The standard InChI is InChI=1S/C16H21FN2/c1-11(2)13-4-3-5-14(9-13)19-16-7-6-12(10-18)8-15(16)17/h6-8,11,13-14,19H,3-5,9H2,1-2H3. The maximum absolute atomic E-state index is 13.8. The van der Waals surface area contributed by atoms with Gasteiger partial charge in [-0.25, -0.2) is 4.39 Å². The fourth-order valence-corrected chi connectivity index (χ4v) is 2.89. The van der Waals surface area contributed by atoms with E-state index in [-0.39, 0.29) is 5.82 Å². The zero-order chi connectivity index (χ0) is 13.8. The van der Waals surface area contributed by atoms with Crippen LogP contribution in [0.5, 0.6) is 0 Å². The van der Waals surface area contributed by atoms with Crippen molar-refractivity contribution in [2.24, 2.45) is 11.8 Å². The molecule has 1 aliphatic carbocycles. The minimum absolute atomic E-state index is 0.328. The summed E-state index contributed by atoms with van der Waals surface area (Å²) in [4.78, 5) is 0. The SMILES string of the molecule is CC(C)C1CCCC(Nc2ccc(C#N)cc2F)C1. The van der Waals surface area contributed by atoms with E-state index in [1.54, 1.807) is 12.1 Å². The fraction of sp³-hybridized carbons (Fsp3) is 0.562. The molecule has 0 spiro atoms. The maximum atomic E-state index is 13.8. The summed E-state index contributed by atoms with van der Waals surface area (Å²) in [7, 11) is 0. The zero-order valence-electron chi connectivity index (χ0n) is 11.6. The van der Waals surface area contributed by atoms with Gasteiger partial charge < -0.3 is 5.32 Å². The normalized spacial score (nSPS) is 23.1. The van der Waals surface area contributed by atoms with Gasteiger partial charge in [0.2, 0.25) is 0 Å². The van der Waals surface area contributed by atoms with Crippen LogP contribution in [0.1, 0.15) is 45.1 Å². The van der Waals surface area contributed by atoms with E-state index in [4.69, 9.17) is 5.26 Å². The molecular formula is C16H21FN2. The number of nitrogens with one attached hydrogen (secondary N) is 1. The van der Waals surface area contributed by atoms with Crippen LogP contribution in [0.3, 0.4) is 0 Å². The summed E-state index contributed by atoms with van der Waals surface area (Å²) in [6.45, 7) is 4.52. The third kappa shape index (κ3) is 3.47. The lowest BCUT2D eigenvalue weighted by atomic mass is 9.79. The van der Waals surface area contributed by atoms with E-state index in [2.05, 4.69) is 19.2 Å². The first-order valence-electron chi connectivity index (χ1n) is 7.06. The van der Waals surface area contributed by atoms with E-state index < -0.39 is 0 Å². The second-order valence-electron chi connectivity index (χ2n) is 5.82. The molecule has 2 atom stereocenters. The molecular weight excluding hydrogens is 239 g/mol. The number of benzene rings is 1. The van der Waals surface area contributed by atoms with Crippen LogP contribution in [0.25, 0.3) is 0 Å². The van der Waals surface area contributed by atoms with E-state index >= 15 is 0 Å². The van der Waals surface area contributed by atoms with Crippen LogP contribution in [0.4, 0.5) is 10.1 Å². The number of halogens is 1. The second-order valence-corrected chi connectivity index (χ2v) is 5.82. The van der Waals surface area contributed by atoms with Crippen molar-refractivity contribution < 1.29 is 4.39 Å². The minimum Gasteiger partial charge on any atom is -0.380 e. The molecule has 0 saturated heterocycles. The van der Waals surface area contributed by atoms with Crippen molar-refractivity contribution in [3.63, 3.8) is 0 Å². The number of hydrogen-bond donors (Lipinski definition) is 1. The molecule has 1 saturated carbocycles. The molecule has 19 heavy (non-hydrogen) atoms. The summed E-state index contributed by atoms with van der Waals surface area (Å²) in [6.07, 6.45) is 4.70. The van der Waals surface area contributed by atoms with Crippen molar-refractivity contribution in [2.75, 3.05) is 5.32 Å². The lowest BCUT2D eigenvalue weighted by Crippen LogP contribution is -2.29.